The molecule has 90 valence electrons. The predicted molar refractivity (Wildman–Crippen MR) is 68.4 cm³/mol. The largest absolute Gasteiger partial charge is 0.309 e. The Kier molecular flexibility index (Phi) is 8.38. The van der Waals surface area contributed by atoms with Crippen molar-refractivity contribution in [2.75, 3.05) is 34.7 Å². The Hall–Kier alpha value is -0.570. The second-order valence-corrected chi connectivity index (χ2v) is 4.63. The van der Waals surface area contributed by atoms with E-state index >= 15 is 0 Å². The van der Waals surface area contributed by atoms with Crippen molar-refractivity contribution in [2.24, 2.45) is 11.0 Å². The lowest BCUT2D eigenvalue weighted by Crippen LogP contribution is -2.23. The molecule has 0 aromatic heterocycles. The lowest BCUT2D eigenvalue weighted by atomic mass is 10.0. The van der Waals surface area contributed by atoms with Crippen LogP contribution in [0, 0.1) is 5.92 Å². The zero-order valence-corrected chi connectivity index (χ0v) is 11.0. The SMILES string of the molecule is CCCCCC(/C=N/N(C)C)CN(C)C. The smallest absolute Gasteiger partial charge is 0.0288 e. The molecule has 0 aliphatic rings. The van der Waals surface area contributed by atoms with Crippen LogP contribution < -0.4 is 0 Å². The Labute approximate surface area is 95.1 Å². The van der Waals surface area contributed by atoms with Gasteiger partial charge in [-0.3, -0.25) is 0 Å². The molecule has 3 nitrogen and oxygen atoms in total. The Morgan fingerprint density at radius 1 is 1.13 bits per heavy atom. The number of hydrazone groups is 1. The van der Waals surface area contributed by atoms with Gasteiger partial charge in [-0.25, -0.2) is 0 Å². The molecule has 0 aliphatic carbocycles. The normalized spacial score (nSPS) is 13.7. The third kappa shape index (κ3) is 9.73. The second-order valence-electron chi connectivity index (χ2n) is 4.63. The fourth-order valence-electron chi connectivity index (χ4n) is 1.57. The van der Waals surface area contributed by atoms with Gasteiger partial charge in [0, 0.05) is 32.8 Å². The molecule has 0 spiro atoms. The molecule has 0 N–H and O–H groups in total. The predicted octanol–water partition coefficient (Wildman–Crippen LogP) is 2.29. The molecule has 0 amide bonds. The minimum atomic E-state index is 0.592. The van der Waals surface area contributed by atoms with Crippen LogP contribution >= 0.6 is 0 Å². The van der Waals surface area contributed by atoms with Gasteiger partial charge >= 0.3 is 0 Å². The van der Waals surface area contributed by atoms with E-state index < -0.39 is 0 Å². The van der Waals surface area contributed by atoms with Crippen LogP contribution in [0.2, 0.25) is 0 Å². The highest BCUT2D eigenvalue weighted by molar-refractivity contribution is 5.60. The van der Waals surface area contributed by atoms with Crippen molar-refractivity contribution in [3.05, 3.63) is 0 Å². The van der Waals surface area contributed by atoms with Crippen LogP contribution in [0.1, 0.15) is 32.6 Å². The quantitative estimate of drug-likeness (QED) is 0.350. The third-order valence-electron chi connectivity index (χ3n) is 2.29. The minimum Gasteiger partial charge on any atom is -0.309 e. The highest BCUT2D eigenvalue weighted by Crippen LogP contribution is 2.09. The van der Waals surface area contributed by atoms with E-state index in [4.69, 9.17) is 0 Å². The molecule has 0 saturated carbocycles. The zero-order valence-electron chi connectivity index (χ0n) is 11.0. The fraction of sp³-hybridized carbons (Fsp3) is 0.917. The van der Waals surface area contributed by atoms with E-state index in [2.05, 4.69) is 37.2 Å². The van der Waals surface area contributed by atoms with E-state index in [9.17, 15) is 0 Å². The van der Waals surface area contributed by atoms with Gasteiger partial charge in [0.2, 0.25) is 0 Å². The van der Waals surface area contributed by atoms with E-state index in [-0.39, 0.29) is 0 Å². The number of hydrogen-bond donors (Lipinski definition) is 0. The monoisotopic (exact) mass is 213 g/mol. The maximum absolute atomic E-state index is 4.34. The van der Waals surface area contributed by atoms with E-state index in [1.807, 2.05) is 19.1 Å². The summed E-state index contributed by atoms with van der Waals surface area (Å²) in [4.78, 5) is 2.23. The van der Waals surface area contributed by atoms with Gasteiger partial charge in [0.25, 0.3) is 0 Å². The van der Waals surface area contributed by atoms with Gasteiger partial charge in [-0.05, 0) is 20.5 Å². The Balaban J connectivity index is 3.94. The first-order valence-corrected chi connectivity index (χ1v) is 5.92. The molecule has 15 heavy (non-hydrogen) atoms. The molecule has 0 aliphatic heterocycles. The Morgan fingerprint density at radius 2 is 1.80 bits per heavy atom. The summed E-state index contributed by atoms with van der Waals surface area (Å²) in [5, 5.41) is 6.20. The lowest BCUT2D eigenvalue weighted by Gasteiger charge is -2.17. The summed E-state index contributed by atoms with van der Waals surface area (Å²) < 4.78 is 0. The van der Waals surface area contributed by atoms with Gasteiger partial charge < -0.3 is 9.91 Å². The van der Waals surface area contributed by atoms with Crippen molar-refractivity contribution in [2.45, 2.75) is 32.6 Å². The van der Waals surface area contributed by atoms with Crippen molar-refractivity contribution < 1.29 is 0 Å². The van der Waals surface area contributed by atoms with Gasteiger partial charge in [-0.2, -0.15) is 5.10 Å². The van der Waals surface area contributed by atoms with Crippen molar-refractivity contribution >= 4 is 6.21 Å². The summed E-state index contributed by atoms with van der Waals surface area (Å²) in [7, 11) is 8.18. The first-order valence-electron chi connectivity index (χ1n) is 5.92. The van der Waals surface area contributed by atoms with Gasteiger partial charge in [0.05, 0.1) is 0 Å². The summed E-state index contributed by atoms with van der Waals surface area (Å²) in [5.74, 6) is 0.592. The summed E-state index contributed by atoms with van der Waals surface area (Å²) in [6.45, 7) is 3.34. The molecule has 3 heteroatoms. The summed E-state index contributed by atoms with van der Waals surface area (Å²) in [6.07, 6.45) is 7.28. The summed E-state index contributed by atoms with van der Waals surface area (Å²) in [5.41, 5.74) is 0. The molecule has 0 bridgehead atoms. The number of rotatable bonds is 8. The van der Waals surface area contributed by atoms with Crippen LogP contribution in [0.25, 0.3) is 0 Å². The van der Waals surface area contributed by atoms with Crippen molar-refractivity contribution in [1.82, 2.24) is 9.91 Å². The average molecular weight is 213 g/mol. The van der Waals surface area contributed by atoms with Crippen LogP contribution in [0.3, 0.4) is 0 Å². The highest BCUT2D eigenvalue weighted by Gasteiger charge is 2.06. The first kappa shape index (κ1) is 14.4. The van der Waals surface area contributed by atoms with E-state index in [1.54, 1.807) is 0 Å². The molecule has 0 radical (unpaired) electrons. The van der Waals surface area contributed by atoms with Gasteiger partial charge in [-0.1, -0.05) is 26.2 Å². The van der Waals surface area contributed by atoms with Crippen molar-refractivity contribution in [3.8, 4) is 0 Å². The molecule has 0 aromatic rings. The summed E-state index contributed by atoms with van der Waals surface area (Å²) in [6, 6.07) is 0. The molecular formula is C12H27N3. The molecule has 0 saturated heterocycles. The summed E-state index contributed by atoms with van der Waals surface area (Å²) >= 11 is 0. The molecular weight excluding hydrogens is 186 g/mol. The molecule has 0 fully saturated rings. The van der Waals surface area contributed by atoms with Crippen LogP contribution in [0.5, 0.6) is 0 Å². The lowest BCUT2D eigenvalue weighted by molar-refractivity contribution is 0.352. The van der Waals surface area contributed by atoms with Crippen molar-refractivity contribution in [1.29, 1.82) is 0 Å². The Morgan fingerprint density at radius 3 is 2.27 bits per heavy atom. The molecule has 1 unspecified atom stereocenters. The number of unbranched alkanes of at least 4 members (excludes halogenated alkanes) is 2. The first-order chi connectivity index (χ1) is 7.06. The van der Waals surface area contributed by atoms with Crippen LogP contribution in [0.15, 0.2) is 5.10 Å². The van der Waals surface area contributed by atoms with Gasteiger partial charge in [0.1, 0.15) is 0 Å². The van der Waals surface area contributed by atoms with Crippen LogP contribution in [-0.4, -0.2) is 50.9 Å². The molecule has 0 rings (SSSR count). The maximum atomic E-state index is 4.34. The minimum absolute atomic E-state index is 0.592. The van der Waals surface area contributed by atoms with Gasteiger partial charge in [0.15, 0.2) is 0 Å². The van der Waals surface area contributed by atoms with E-state index in [1.165, 1.54) is 25.7 Å². The standard InChI is InChI=1S/C12H27N3/c1-6-7-8-9-12(11-14(2)3)10-13-15(4)5/h10,12H,6-9,11H2,1-5H3/b13-10+. The topological polar surface area (TPSA) is 18.8 Å². The fourth-order valence-corrected chi connectivity index (χ4v) is 1.57. The molecule has 0 heterocycles. The zero-order chi connectivity index (χ0) is 11.7. The highest BCUT2D eigenvalue weighted by atomic mass is 15.4. The van der Waals surface area contributed by atoms with Gasteiger partial charge in [-0.15, -0.1) is 0 Å². The van der Waals surface area contributed by atoms with Crippen LogP contribution in [-0.2, 0) is 0 Å². The number of nitrogens with zero attached hydrogens (tertiary/aromatic N) is 3. The van der Waals surface area contributed by atoms with Crippen molar-refractivity contribution in [3.63, 3.8) is 0 Å². The molecule has 1 atom stereocenters. The van der Waals surface area contributed by atoms with Crippen LogP contribution in [0.4, 0.5) is 0 Å². The number of hydrogen-bond acceptors (Lipinski definition) is 3. The third-order valence-corrected chi connectivity index (χ3v) is 2.29. The molecule has 0 aromatic carbocycles. The Bertz CT molecular complexity index is 164. The second kappa shape index (κ2) is 8.72. The maximum Gasteiger partial charge on any atom is 0.0288 e. The average Bonchev–Trinajstić information content (AvgIpc) is 2.13. The van der Waals surface area contributed by atoms with E-state index in [0.29, 0.717) is 5.92 Å². The van der Waals surface area contributed by atoms with E-state index in [0.717, 1.165) is 6.54 Å².